The fraction of sp³-hybridized carbons (Fsp3) is 0.333. The number of pyridine rings is 2. The number of aromatic nitrogens is 4. The average Bonchev–Trinajstić information content (AvgIpc) is 3.43. The van der Waals surface area contributed by atoms with Crippen LogP contribution in [0.3, 0.4) is 0 Å². The lowest BCUT2D eigenvalue weighted by atomic mass is 9.92. The first kappa shape index (κ1) is 21.1. The molecule has 9 nitrogen and oxygen atoms in total. The Labute approximate surface area is 190 Å². The van der Waals surface area contributed by atoms with Crippen molar-refractivity contribution in [3.63, 3.8) is 0 Å². The number of methoxy groups -OCH3 is 1. The Morgan fingerprint density at radius 3 is 2.82 bits per heavy atom. The van der Waals surface area contributed by atoms with E-state index < -0.39 is 0 Å². The SMILES string of the molecule is CCc1nn(-c2cc(OC3CC(OC)C3)cc(-c3ccoc3)n2)c2cc(NC(C)=O)ncc12. The maximum Gasteiger partial charge on any atom is 0.222 e. The van der Waals surface area contributed by atoms with Crippen molar-refractivity contribution in [2.24, 2.45) is 0 Å². The van der Waals surface area contributed by atoms with Gasteiger partial charge in [-0.3, -0.25) is 4.79 Å². The van der Waals surface area contributed by atoms with Crippen molar-refractivity contribution < 1.29 is 18.7 Å². The summed E-state index contributed by atoms with van der Waals surface area (Å²) in [7, 11) is 1.72. The quantitative estimate of drug-likeness (QED) is 0.454. The number of hydrogen-bond acceptors (Lipinski definition) is 7. The number of nitrogens with zero attached hydrogens (tertiary/aromatic N) is 4. The summed E-state index contributed by atoms with van der Waals surface area (Å²) in [6, 6.07) is 7.46. The molecule has 0 atom stereocenters. The molecule has 1 saturated carbocycles. The van der Waals surface area contributed by atoms with Gasteiger partial charge in [0.25, 0.3) is 0 Å². The van der Waals surface area contributed by atoms with E-state index in [1.54, 1.807) is 30.5 Å². The van der Waals surface area contributed by atoms with Gasteiger partial charge < -0.3 is 19.2 Å². The number of amides is 1. The zero-order chi connectivity index (χ0) is 22.9. The van der Waals surface area contributed by atoms with Gasteiger partial charge in [0.15, 0.2) is 5.82 Å². The summed E-state index contributed by atoms with van der Waals surface area (Å²) in [5.74, 6) is 1.58. The van der Waals surface area contributed by atoms with E-state index in [1.807, 2.05) is 31.2 Å². The fourth-order valence-electron chi connectivity index (χ4n) is 3.98. The van der Waals surface area contributed by atoms with E-state index in [-0.39, 0.29) is 18.1 Å². The number of carbonyl (C=O) groups is 1. The molecule has 4 aromatic heterocycles. The molecule has 5 rings (SSSR count). The second kappa shape index (κ2) is 8.67. The van der Waals surface area contributed by atoms with Crippen molar-refractivity contribution >= 4 is 22.6 Å². The summed E-state index contributed by atoms with van der Waals surface area (Å²) >= 11 is 0. The molecule has 0 aliphatic heterocycles. The predicted molar refractivity (Wildman–Crippen MR) is 122 cm³/mol. The molecule has 0 bridgehead atoms. The first-order valence-electron chi connectivity index (χ1n) is 10.9. The third-order valence-corrected chi connectivity index (χ3v) is 5.79. The Hall–Kier alpha value is -3.72. The summed E-state index contributed by atoms with van der Waals surface area (Å²) < 4.78 is 18.7. The molecule has 33 heavy (non-hydrogen) atoms. The molecular weight excluding hydrogens is 422 g/mol. The number of carbonyl (C=O) groups excluding carboxylic acids is 1. The lowest BCUT2D eigenvalue weighted by Crippen LogP contribution is -2.38. The van der Waals surface area contributed by atoms with Crippen LogP contribution in [0.15, 0.2) is 47.4 Å². The van der Waals surface area contributed by atoms with Crippen LogP contribution in [0.25, 0.3) is 28.0 Å². The van der Waals surface area contributed by atoms with Crippen LogP contribution in [-0.4, -0.2) is 45.0 Å². The van der Waals surface area contributed by atoms with Crippen LogP contribution in [0.1, 0.15) is 32.4 Å². The molecule has 4 heterocycles. The lowest BCUT2D eigenvalue weighted by molar-refractivity contribution is -0.114. The van der Waals surface area contributed by atoms with Gasteiger partial charge in [0, 0.05) is 62.2 Å². The monoisotopic (exact) mass is 447 g/mol. The highest BCUT2D eigenvalue weighted by Gasteiger charge is 2.31. The lowest BCUT2D eigenvalue weighted by Gasteiger charge is -2.34. The van der Waals surface area contributed by atoms with Crippen molar-refractivity contribution in [1.29, 1.82) is 0 Å². The van der Waals surface area contributed by atoms with Crippen molar-refractivity contribution in [2.45, 2.75) is 45.3 Å². The maximum absolute atomic E-state index is 11.5. The van der Waals surface area contributed by atoms with Gasteiger partial charge in [0.05, 0.1) is 35.5 Å². The summed E-state index contributed by atoms with van der Waals surface area (Å²) in [4.78, 5) is 20.7. The van der Waals surface area contributed by atoms with Gasteiger partial charge in [-0.2, -0.15) is 5.10 Å². The summed E-state index contributed by atoms with van der Waals surface area (Å²) in [6.07, 6.45) is 7.78. The summed E-state index contributed by atoms with van der Waals surface area (Å²) in [6.45, 7) is 3.50. The molecular formula is C24H25N5O4. The number of aryl methyl sites for hydroxylation is 1. The van der Waals surface area contributed by atoms with E-state index in [9.17, 15) is 4.79 Å². The van der Waals surface area contributed by atoms with E-state index in [2.05, 4.69) is 10.3 Å². The predicted octanol–water partition coefficient (Wildman–Crippen LogP) is 4.15. The molecule has 0 spiro atoms. The van der Waals surface area contributed by atoms with Gasteiger partial charge in [-0.15, -0.1) is 0 Å². The third kappa shape index (κ3) is 4.19. The largest absolute Gasteiger partial charge is 0.490 e. The average molecular weight is 447 g/mol. The number of ether oxygens (including phenoxy) is 2. The van der Waals surface area contributed by atoms with Gasteiger partial charge in [-0.05, 0) is 12.5 Å². The van der Waals surface area contributed by atoms with Gasteiger partial charge in [0.1, 0.15) is 17.7 Å². The van der Waals surface area contributed by atoms with Crippen LogP contribution >= 0.6 is 0 Å². The highest BCUT2D eigenvalue weighted by atomic mass is 16.5. The van der Waals surface area contributed by atoms with Crippen LogP contribution in [0, 0.1) is 0 Å². The molecule has 0 aromatic carbocycles. The number of hydrogen-bond donors (Lipinski definition) is 1. The summed E-state index contributed by atoms with van der Waals surface area (Å²) in [5, 5.41) is 8.45. The van der Waals surface area contributed by atoms with E-state index in [0.717, 1.165) is 47.1 Å². The van der Waals surface area contributed by atoms with Crippen LogP contribution in [0.5, 0.6) is 5.75 Å². The minimum absolute atomic E-state index is 0.0959. The zero-order valence-electron chi connectivity index (χ0n) is 18.7. The fourth-order valence-corrected chi connectivity index (χ4v) is 3.98. The second-order valence-electron chi connectivity index (χ2n) is 8.11. The Morgan fingerprint density at radius 1 is 1.27 bits per heavy atom. The van der Waals surface area contributed by atoms with Gasteiger partial charge in [-0.25, -0.2) is 14.6 Å². The van der Waals surface area contributed by atoms with Gasteiger partial charge >= 0.3 is 0 Å². The van der Waals surface area contributed by atoms with Crippen LogP contribution in [0.4, 0.5) is 5.82 Å². The molecule has 0 saturated heterocycles. The van der Waals surface area contributed by atoms with E-state index in [0.29, 0.717) is 17.4 Å². The maximum atomic E-state index is 11.5. The number of nitrogens with one attached hydrogen (secondary N) is 1. The number of furan rings is 1. The Bertz CT molecular complexity index is 1290. The molecule has 1 amide bonds. The summed E-state index contributed by atoms with van der Waals surface area (Å²) in [5.41, 5.74) is 3.26. The second-order valence-corrected chi connectivity index (χ2v) is 8.11. The Kier molecular flexibility index (Phi) is 5.55. The van der Waals surface area contributed by atoms with Crippen molar-refractivity contribution in [3.8, 4) is 22.8 Å². The minimum atomic E-state index is -0.186. The standard InChI is InChI=1S/C24H25N5O4/c1-4-20-19-12-25-23(26-14(2)30)11-22(19)29(28-20)24-10-18(33-17-7-16(8-17)31-3)9-21(27-24)15-5-6-32-13-15/h5-6,9-13,16-17H,4,7-8H2,1-3H3,(H,25,26,30). The minimum Gasteiger partial charge on any atom is -0.490 e. The zero-order valence-corrected chi connectivity index (χ0v) is 18.7. The third-order valence-electron chi connectivity index (χ3n) is 5.79. The topological polar surface area (TPSA) is 104 Å². The molecule has 1 fully saturated rings. The molecule has 170 valence electrons. The molecule has 1 aliphatic carbocycles. The van der Waals surface area contributed by atoms with Crippen LogP contribution in [0.2, 0.25) is 0 Å². The normalized spacial score (nSPS) is 17.7. The molecule has 4 aromatic rings. The smallest absolute Gasteiger partial charge is 0.222 e. The van der Waals surface area contributed by atoms with E-state index in [4.69, 9.17) is 24.0 Å². The first-order chi connectivity index (χ1) is 16.0. The molecule has 0 unspecified atom stereocenters. The molecule has 0 radical (unpaired) electrons. The number of anilines is 1. The number of fused-ring (bicyclic) bond motifs is 1. The van der Waals surface area contributed by atoms with Gasteiger partial charge in [-0.1, -0.05) is 6.92 Å². The Morgan fingerprint density at radius 2 is 2.12 bits per heavy atom. The van der Waals surface area contributed by atoms with Crippen LogP contribution < -0.4 is 10.1 Å². The first-order valence-corrected chi connectivity index (χ1v) is 10.9. The van der Waals surface area contributed by atoms with Crippen molar-refractivity contribution in [2.75, 3.05) is 12.4 Å². The van der Waals surface area contributed by atoms with E-state index >= 15 is 0 Å². The van der Waals surface area contributed by atoms with E-state index in [1.165, 1.54) is 6.92 Å². The molecule has 9 heteroatoms. The molecule has 1 N–H and O–H groups in total. The Balaban J connectivity index is 1.60. The highest BCUT2D eigenvalue weighted by Crippen LogP contribution is 2.32. The van der Waals surface area contributed by atoms with Gasteiger partial charge in [0.2, 0.25) is 5.91 Å². The van der Waals surface area contributed by atoms with Crippen molar-refractivity contribution in [3.05, 3.63) is 48.7 Å². The molecule has 1 aliphatic rings. The van der Waals surface area contributed by atoms with Crippen LogP contribution in [-0.2, 0) is 16.0 Å². The number of rotatable bonds is 7. The highest BCUT2D eigenvalue weighted by molar-refractivity contribution is 5.91. The van der Waals surface area contributed by atoms with Crippen molar-refractivity contribution in [1.82, 2.24) is 19.7 Å².